The van der Waals surface area contributed by atoms with Crippen LogP contribution in [0.25, 0.3) is 71.7 Å². The molecule has 0 aliphatic heterocycles. The molecule has 0 bridgehead atoms. The Labute approximate surface area is 473 Å². The van der Waals surface area contributed by atoms with E-state index in [-0.39, 0.29) is 0 Å². The SMILES string of the molecule is C=CC1=C(/C=C\C)C(c2ccccc2)(c2ccccc2)c2cc(N(c3ccc4c(c3)C(c3ccccc3)(c3ccccc3)c3ccccc3-4)c3cccc4oc5c6ccccc6c(-c6ccccc6-c6ccccc6)cc5c34)ccc21. The molecule has 1 aromatic heterocycles. The summed E-state index contributed by atoms with van der Waals surface area (Å²) in [5, 5.41) is 4.30. The lowest BCUT2D eigenvalue weighted by molar-refractivity contribution is 0.672. The van der Waals surface area contributed by atoms with Gasteiger partial charge in [0.15, 0.2) is 0 Å². The van der Waals surface area contributed by atoms with Crippen molar-refractivity contribution in [3.05, 3.63) is 360 Å². The summed E-state index contributed by atoms with van der Waals surface area (Å²) in [6.07, 6.45) is 6.53. The zero-order chi connectivity index (χ0) is 54.1. The van der Waals surface area contributed by atoms with Crippen LogP contribution in [-0.4, -0.2) is 0 Å². The Bertz CT molecular complexity index is 4570. The Morgan fingerprint density at radius 2 is 0.877 bits per heavy atom. The van der Waals surface area contributed by atoms with Crippen LogP contribution in [0.5, 0.6) is 0 Å². The second-order valence-corrected chi connectivity index (χ2v) is 21.3. The number of hydrogen-bond acceptors (Lipinski definition) is 2. The molecule has 0 amide bonds. The van der Waals surface area contributed by atoms with Crippen molar-refractivity contribution in [3.8, 4) is 33.4 Å². The van der Waals surface area contributed by atoms with Crippen LogP contribution < -0.4 is 4.90 Å². The van der Waals surface area contributed by atoms with Crippen molar-refractivity contribution >= 4 is 55.3 Å². The first-order valence-corrected chi connectivity index (χ1v) is 28.1. The number of benzene rings is 12. The van der Waals surface area contributed by atoms with E-state index in [2.05, 4.69) is 322 Å². The van der Waals surface area contributed by atoms with E-state index < -0.39 is 10.8 Å². The summed E-state index contributed by atoms with van der Waals surface area (Å²) < 4.78 is 7.24. The average molecular weight is 1030 g/mol. The van der Waals surface area contributed by atoms with E-state index >= 15 is 0 Å². The molecule has 2 heteroatoms. The third-order valence-corrected chi connectivity index (χ3v) is 17.3. The van der Waals surface area contributed by atoms with Crippen LogP contribution in [0.4, 0.5) is 17.1 Å². The predicted octanol–water partition coefficient (Wildman–Crippen LogP) is 20.8. The third-order valence-electron chi connectivity index (χ3n) is 17.3. The monoisotopic (exact) mass is 1030 g/mol. The maximum Gasteiger partial charge on any atom is 0.143 e. The summed E-state index contributed by atoms with van der Waals surface area (Å²) in [4.78, 5) is 2.51. The lowest BCUT2D eigenvalue weighted by atomic mass is 9.66. The zero-order valence-electron chi connectivity index (χ0n) is 44.9. The topological polar surface area (TPSA) is 16.4 Å². The highest BCUT2D eigenvalue weighted by Gasteiger charge is 2.48. The number of hydrogen-bond donors (Lipinski definition) is 0. The molecule has 13 aromatic rings. The highest BCUT2D eigenvalue weighted by atomic mass is 16.3. The highest BCUT2D eigenvalue weighted by Crippen LogP contribution is 2.60. The largest absolute Gasteiger partial charge is 0.455 e. The highest BCUT2D eigenvalue weighted by molar-refractivity contribution is 6.23. The second-order valence-electron chi connectivity index (χ2n) is 21.3. The van der Waals surface area contributed by atoms with Gasteiger partial charge in [-0.1, -0.05) is 267 Å². The van der Waals surface area contributed by atoms with Crippen molar-refractivity contribution in [1.82, 2.24) is 0 Å². The Hall–Kier alpha value is -10.3. The molecule has 0 radical (unpaired) electrons. The smallest absolute Gasteiger partial charge is 0.143 e. The minimum Gasteiger partial charge on any atom is -0.455 e. The summed E-state index contributed by atoms with van der Waals surface area (Å²) in [7, 11) is 0. The summed E-state index contributed by atoms with van der Waals surface area (Å²) in [6.45, 7) is 6.63. The first kappa shape index (κ1) is 47.9. The van der Waals surface area contributed by atoms with Crippen LogP contribution in [0.1, 0.15) is 51.4 Å². The molecule has 0 spiro atoms. The molecule has 12 aromatic carbocycles. The number of allylic oxidation sites excluding steroid dienone is 5. The maximum atomic E-state index is 7.24. The Balaban J connectivity index is 1.06. The first-order chi connectivity index (χ1) is 40.1. The quantitative estimate of drug-likeness (QED) is 0.128. The fraction of sp³-hybridized carbons (Fsp3) is 0.0380. The van der Waals surface area contributed by atoms with Crippen molar-refractivity contribution in [3.63, 3.8) is 0 Å². The van der Waals surface area contributed by atoms with Crippen molar-refractivity contribution in [2.24, 2.45) is 0 Å². The average Bonchev–Trinajstić information content (AvgIpc) is 4.24. The molecular formula is C79H55NO. The predicted molar refractivity (Wildman–Crippen MR) is 339 cm³/mol. The number of anilines is 3. The number of fused-ring (bicyclic) bond motifs is 9. The summed E-state index contributed by atoms with van der Waals surface area (Å²) in [5.41, 5.74) is 22.6. The molecule has 2 aliphatic rings. The summed E-state index contributed by atoms with van der Waals surface area (Å²) >= 11 is 0. The van der Waals surface area contributed by atoms with Gasteiger partial charge in [-0.05, 0) is 144 Å². The molecule has 15 rings (SSSR count). The van der Waals surface area contributed by atoms with E-state index in [0.717, 1.165) is 66.5 Å². The number of rotatable bonds is 11. The van der Waals surface area contributed by atoms with Gasteiger partial charge in [-0.2, -0.15) is 0 Å². The van der Waals surface area contributed by atoms with Gasteiger partial charge in [0.05, 0.1) is 21.9 Å². The molecule has 0 fully saturated rings. The Kier molecular flexibility index (Phi) is 11.4. The minimum atomic E-state index is -0.681. The molecule has 382 valence electrons. The fourth-order valence-corrected chi connectivity index (χ4v) is 14.1. The van der Waals surface area contributed by atoms with Gasteiger partial charge in [-0.25, -0.2) is 0 Å². The summed E-state index contributed by atoms with van der Waals surface area (Å²) in [6, 6.07) is 105. The lowest BCUT2D eigenvalue weighted by Crippen LogP contribution is -2.29. The lowest BCUT2D eigenvalue weighted by Gasteiger charge is -2.36. The van der Waals surface area contributed by atoms with Crippen LogP contribution in [-0.2, 0) is 10.8 Å². The van der Waals surface area contributed by atoms with Crippen LogP contribution in [0.3, 0.4) is 0 Å². The Morgan fingerprint density at radius 1 is 0.383 bits per heavy atom. The van der Waals surface area contributed by atoms with E-state index in [1.54, 1.807) is 0 Å². The molecule has 2 nitrogen and oxygen atoms in total. The van der Waals surface area contributed by atoms with Crippen LogP contribution >= 0.6 is 0 Å². The van der Waals surface area contributed by atoms with E-state index in [9.17, 15) is 0 Å². The minimum absolute atomic E-state index is 0.623. The second kappa shape index (κ2) is 19.3. The molecular weight excluding hydrogens is 979 g/mol. The van der Waals surface area contributed by atoms with Gasteiger partial charge in [0.25, 0.3) is 0 Å². The third kappa shape index (κ3) is 7.13. The van der Waals surface area contributed by atoms with Crippen LogP contribution in [0, 0.1) is 0 Å². The molecule has 0 atom stereocenters. The van der Waals surface area contributed by atoms with Crippen LogP contribution in [0.2, 0.25) is 0 Å². The fourth-order valence-electron chi connectivity index (χ4n) is 14.1. The van der Waals surface area contributed by atoms with E-state index in [1.165, 1.54) is 72.3 Å². The summed E-state index contributed by atoms with van der Waals surface area (Å²) in [5.74, 6) is 0. The van der Waals surface area contributed by atoms with Crippen molar-refractivity contribution in [1.29, 1.82) is 0 Å². The van der Waals surface area contributed by atoms with Gasteiger partial charge in [0.1, 0.15) is 11.2 Å². The van der Waals surface area contributed by atoms with Crippen molar-refractivity contribution < 1.29 is 4.42 Å². The molecule has 0 unspecified atom stereocenters. The zero-order valence-corrected chi connectivity index (χ0v) is 44.9. The standard InChI is InChI=1S/C79H55NO/c1-3-27-70-60(4-2)65-48-46-58(50-72(65)78(70,54-30-12-6-13-31-54)55-32-14-7-15-33-55)80(59-47-49-66-64-41-24-25-43-71(64)79(73(66)51-59,56-34-16-8-17-35-56)57-36-18-9-19-37-57)74-44-26-45-75-76(74)69-52-68(63-40-22-23-42-67(63)77(69)81-75)62-39-21-20-38-61(62)53-28-10-5-11-29-53/h3-52H,2H2,1H3/b27-3-. The maximum absolute atomic E-state index is 7.24. The Morgan fingerprint density at radius 3 is 1.48 bits per heavy atom. The molecule has 0 saturated heterocycles. The van der Waals surface area contributed by atoms with Gasteiger partial charge in [0, 0.05) is 22.1 Å². The van der Waals surface area contributed by atoms with E-state index in [4.69, 9.17) is 4.42 Å². The van der Waals surface area contributed by atoms with Gasteiger partial charge < -0.3 is 9.32 Å². The first-order valence-electron chi connectivity index (χ1n) is 28.1. The molecule has 0 saturated carbocycles. The molecule has 81 heavy (non-hydrogen) atoms. The van der Waals surface area contributed by atoms with Gasteiger partial charge in [0.2, 0.25) is 0 Å². The van der Waals surface area contributed by atoms with Gasteiger partial charge >= 0.3 is 0 Å². The number of nitrogens with zero attached hydrogens (tertiary/aromatic N) is 1. The van der Waals surface area contributed by atoms with E-state index in [0.29, 0.717) is 0 Å². The molecule has 2 aliphatic carbocycles. The molecule has 0 N–H and O–H groups in total. The molecule has 1 heterocycles. The van der Waals surface area contributed by atoms with Gasteiger partial charge in [-0.3, -0.25) is 0 Å². The number of furan rings is 1. The van der Waals surface area contributed by atoms with Crippen molar-refractivity contribution in [2.45, 2.75) is 17.8 Å². The van der Waals surface area contributed by atoms with E-state index in [1.807, 2.05) is 0 Å². The van der Waals surface area contributed by atoms with Gasteiger partial charge in [-0.15, -0.1) is 0 Å². The van der Waals surface area contributed by atoms with Crippen molar-refractivity contribution in [2.75, 3.05) is 4.90 Å². The van der Waals surface area contributed by atoms with Crippen LogP contribution in [0.15, 0.2) is 320 Å². The normalized spacial score (nSPS) is 13.9.